The Kier molecular flexibility index (Phi) is 6.50. The third kappa shape index (κ3) is 5.24. The summed E-state index contributed by atoms with van der Waals surface area (Å²) in [6, 6.07) is 7.91. The summed E-state index contributed by atoms with van der Waals surface area (Å²) in [5.41, 5.74) is 0.449. The largest absolute Gasteiger partial charge is 0.496 e. The number of rotatable bonds is 6. The molecule has 4 heteroatoms. The highest BCUT2D eigenvalue weighted by atomic mass is 16.5. The van der Waals surface area contributed by atoms with E-state index in [1.54, 1.807) is 7.11 Å². The summed E-state index contributed by atoms with van der Waals surface area (Å²) in [4.78, 5) is 5.19. The minimum absolute atomic E-state index is 0.278. The third-order valence-corrected chi connectivity index (χ3v) is 6.47. The Bertz CT molecular complexity index is 600. The molecule has 0 unspecified atom stereocenters. The maximum atomic E-state index is 11.2. The zero-order chi connectivity index (χ0) is 19.5. The molecule has 2 heterocycles. The number of hydrogen-bond acceptors (Lipinski definition) is 4. The fourth-order valence-electron chi connectivity index (χ4n) is 4.86. The van der Waals surface area contributed by atoms with Gasteiger partial charge >= 0.3 is 0 Å². The number of aliphatic hydroxyl groups is 1. The van der Waals surface area contributed by atoms with Crippen molar-refractivity contribution in [3.63, 3.8) is 0 Å². The lowest BCUT2D eigenvalue weighted by Gasteiger charge is -2.43. The van der Waals surface area contributed by atoms with E-state index in [1.807, 2.05) is 24.3 Å². The first-order chi connectivity index (χ1) is 12.8. The van der Waals surface area contributed by atoms with Crippen LogP contribution in [0.3, 0.4) is 0 Å². The maximum absolute atomic E-state index is 11.2. The van der Waals surface area contributed by atoms with Gasteiger partial charge in [0.15, 0.2) is 0 Å². The molecule has 2 aliphatic rings. The van der Waals surface area contributed by atoms with E-state index in [4.69, 9.17) is 4.74 Å². The van der Waals surface area contributed by atoms with E-state index in [0.717, 1.165) is 49.7 Å². The summed E-state index contributed by atoms with van der Waals surface area (Å²) >= 11 is 0. The van der Waals surface area contributed by atoms with E-state index in [0.29, 0.717) is 0 Å². The Morgan fingerprint density at radius 2 is 1.59 bits per heavy atom. The van der Waals surface area contributed by atoms with Gasteiger partial charge in [0, 0.05) is 31.7 Å². The topological polar surface area (TPSA) is 35.9 Å². The van der Waals surface area contributed by atoms with E-state index in [2.05, 4.69) is 30.6 Å². The standard InChI is InChI=1S/C23H38N2O2/c1-19-9-13-24(14-10-19)17-22(2,3)18-25-15-11-23(26,12-16-25)20-7-5-6-8-21(20)27-4/h5-8,19,26H,9-18H2,1-4H3. The molecular formula is C23H38N2O2. The Hall–Kier alpha value is -1.10. The van der Waals surface area contributed by atoms with Crippen LogP contribution in [-0.2, 0) is 5.60 Å². The van der Waals surface area contributed by atoms with E-state index < -0.39 is 5.60 Å². The van der Waals surface area contributed by atoms with E-state index in [9.17, 15) is 5.11 Å². The molecule has 3 rings (SSSR count). The number of ether oxygens (including phenoxy) is 1. The molecule has 0 atom stereocenters. The quantitative estimate of drug-likeness (QED) is 0.823. The summed E-state index contributed by atoms with van der Waals surface area (Å²) in [5.74, 6) is 1.69. The molecule has 2 aliphatic heterocycles. The van der Waals surface area contributed by atoms with Crippen LogP contribution in [0.5, 0.6) is 5.75 Å². The Morgan fingerprint density at radius 3 is 2.19 bits per heavy atom. The molecule has 1 aromatic rings. The van der Waals surface area contributed by atoms with Crippen molar-refractivity contribution in [2.45, 2.75) is 52.1 Å². The van der Waals surface area contributed by atoms with Crippen molar-refractivity contribution in [3.8, 4) is 5.75 Å². The van der Waals surface area contributed by atoms with Crippen LogP contribution >= 0.6 is 0 Å². The molecule has 27 heavy (non-hydrogen) atoms. The monoisotopic (exact) mass is 374 g/mol. The molecule has 1 aromatic carbocycles. The van der Waals surface area contributed by atoms with Crippen molar-refractivity contribution in [2.24, 2.45) is 11.3 Å². The normalized spacial score (nSPS) is 22.7. The van der Waals surface area contributed by atoms with Gasteiger partial charge in [0.05, 0.1) is 12.7 Å². The van der Waals surface area contributed by atoms with Gasteiger partial charge in [-0.3, -0.25) is 0 Å². The second-order valence-corrected chi connectivity index (χ2v) is 9.63. The van der Waals surface area contributed by atoms with Gasteiger partial charge in [-0.1, -0.05) is 39.0 Å². The minimum Gasteiger partial charge on any atom is -0.496 e. The average Bonchev–Trinajstić information content (AvgIpc) is 2.65. The van der Waals surface area contributed by atoms with Gasteiger partial charge in [0.1, 0.15) is 5.75 Å². The number of piperidine rings is 2. The SMILES string of the molecule is COc1ccccc1C1(O)CCN(CC(C)(C)CN2CCC(C)CC2)CC1. The molecule has 0 aromatic heterocycles. The Labute approximate surface area is 165 Å². The predicted octanol–water partition coefficient (Wildman–Crippen LogP) is 3.74. The summed E-state index contributed by atoms with van der Waals surface area (Å²) in [7, 11) is 1.68. The number of hydrogen-bond donors (Lipinski definition) is 1. The maximum Gasteiger partial charge on any atom is 0.124 e. The highest BCUT2D eigenvalue weighted by Crippen LogP contribution is 2.38. The van der Waals surface area contributed by atoms with Crippen molar-refractivity contribution in [1.82, 2.24) is 9.80 Å². The molecule has 0 spiro atoms. The molecule has 1 N–H and O–H groups in total. The van der Waals surface area contributed by atoms with Crippen molar-refractivity contribution >= 4 is 0 Å². The highest BCUT2D eigenvalue weighted by Gasteiger charge is 2.37. The molecule has 0 saturated carbocycles. The van der Waals surface area contributed by atoms with Gasteiger partial charge in [0.2, 0.25) is 0 Å². The van der Waals surface area contributed by atoms with Gasteiger partial charge in [0.25, 0.3) is 0 Å². The molecule has 2 fully saturated rings. The fourth-order valence-corrected chi connectivity index (χ4v) is 4.86. The lowest BCUT2D eigenvalue weighted by Crippen LogP contribution is -2.49. The van der Waals surface area contributed by atoms with E-state index in [1.165, 1.54) is 32.5 Å². The summed E-state index contributed by atoms with van der Waals surface area (Å²) < 4.78 is 5.48. The summed E-state index contributed by atoms with van der Waals surface area (Å²) in [6.45, 7) is 13.8. The molecule has 152 valence electrons. The lowest BCUT2D eigenvalue weighted by molar-refractivity contribution is -0.0364. The van der Waals surface area contributed by atoms with Gasteiger partial charge in [-0.2, -0.15) is 0 Å². The average molecular weight is 375 g/mol. The number of methoxy groups -OCH3 is 1. The van der Waals surface area contributed by atoms with Gasteiger partial charge < -0.3 is 19.6 Å². The second-order valence-electron chi connectivity index (χ2n) is 9.63. The molecule has 2 saturated heterocycles. The van der Waals surface area contributed by atoms with Crippen LogP contribution in [-0.4, -0.2) is 61.3 Å². The summed E-state index contributed by atoms with van der Waals surface area (Å²) in [5, 5.41) is 11.2. The van der Waals surface area contributed by atoms with Crippen LogP contribution in [0.4, 0.5) is 0 Å². The van der Waals surface area contributed by atoms with Crippen molar-refractivity contribution < 1.29 is 9.84 Å². The van der Waals surface area contributed by atoms with Gasteiger partial charge in [-0.15, -0.1) is 0 Å². The molecule has 0 amide bonds. The van der Waals surface area contributed by atoms with Crippen molar-refractivity contribution in [1.29, 1.82) is 0 Å². The van der Waals surface area contributed by atoms with E-state index >= 15 is 0 Å². The number of benzene rings is 1. The van der Waals surface area contributed by atoms with Crippen molar-refractivity contribution in [2.75, 3.05) is 46.4 Å². The lowest BCUT2D eigenvalue weighted by atomic mass is 9.82. The first-order valence-electron chi connectivity index (χ1n) is 10.6. The second kappa shape index (κ2) is 8.50. The van der Waals surface area contributed by atoms with Gasteiger partial charge in [-0.05, 0) is 56.2 Å². The van der Waals surface area contributed by atoms with Crippen LogP contribution in [0.25, 0.3) is 0 Å². The molecule has 0 aliphatic carbocycles. The predicted molar refractivity (Wildman–Crippen MR) is 111 cm³/mol. The Balaban J connectivity index is 1.54. The Morgan fingerprint density at radius 1 is 1.04 bits per heavy atom. The van der Waals surface area contributed by atoms with Gasteiger partial charge in [-0.25, -0.2) is 0 Å². The third-order valence-electron chi connectivity index (χ3n) is 6.47. The van der Waals surface area contributed by atoms with Crippen LogP contribution in [0, 0.1) is 11.3 Å². The van der Waals surface area contributed by atoms with E-state index in [-0.39, 0.29) is 5.41 Å². The van der Waals surface area contributed by atoms with Crippen LogP contribution < -0.4 is 4.74 Å². The first kappa shape index (κ1) is 20.6. The van der Waals surface area contributed by atoms with Crippen LogP contribution in [0.2, 0.25) is 0 Å². The fraction of sp³-hybridized carbons (Fsp3) is 0.739. The summed E-state index contributed by atoms with van der Waals surface area (Å²) in [6.07, 6.45) is 4.22. The smallest absolute Gasteiger partial charge is 0.124 e. The molecule has 0 bridgehead atoms. The van der Waals surface area contributed by atoms with Crippen molar-refractivity contribution in [3.05, 3.63) is 29.8 Å². The molecule has 0 radical (unpaired) electrons. The van der Waals surface area contributed by atoms with Crippen LogP contribution in [0.1, 0.15) is 52.0 Å². The number of nitrogens with zero attached hydrogens (tertiary/aromatic N) is 2. The number of likely N-dealkylation sites (tertiary alicyclic amines) is 2. The molecule has 4 nitrogen and oxygen atoms in total. The highest BCUT2D eigenvalue weighted by molar-refractivity contribution is 5.38. The molecular weight excluding hydrogens is 336 g/mol. The number of para-hydroxylation sites is 1. The minimum atomic E-state index is -0.768. The van der Waals surface area contributed by atoms with Crippen LogP contribution in [0.15, 0.2) is 24.3 Å². The zero-order valence-electron chi connectivity index (χ0n) is 17.7. The first-order valence-corrected chi connectivity index (χ1v) is 10.6. The zero-order valence-corrected chi connectivity index (χ0v) is 17.7.